The lowest BCUT2D eigenvalue weighted by atomic mass is 9.93. The highest BCUT2D eigenvalue weighted by Crippen LogP contribution is 2.29. The van der Waals surface area contributed by atoms with E-state index >= 15 is 0 Å². The number of hydrogen-bond acceptors (Lipinski definition) is 4. The Morgan fingerprint density at radius 3 is 2.33 bits per heavy atom. The number of thioether (sulfide) groups is 1. The van der Waals surface area contributed by atoms with Gasteiger partial charge in [0, 0.05) is 10.6 Å². The first kappa shape index (κ1) is 29.0. The Bertz CT molecular complexity index is 1520. The van der Waals surface area contributed by atoms with Crippen molar-refractivity contribution in [3.63, 3.8) is 0 Å². The van der Waals surface area contributed by atoms with Crippen LogP contribution in [-0.4, -0.2) is 35.0 Å². The molecule has 0 heterocycles. The van der Waals surface area contributed by atoms with Crippen LogP contribution in [0.1, 0.15) is 33.5 Å². The number of rotatable bonds is 11. The second kappa shape index (κ2) is 13.9. The monoisotopic (exact) mass is 571 g/mol. The standard InChI is InChI=1S/C33H30ClNO4S/c1-22-6-3-4-9-28(22)30-20-24(14-17-29(30)32(36)35-31(33(37)38)18-19-40-2)11-10-23-12-15-26(16-13-23)39-27-8-5-7-25(34)21-27/h3-17,20-21,31H,18-19H2,1-2H3,(H,35,36)(H,37,38). The fourth-order valence-corrected chi connectivity index (χ4v) is 4.85. The molecule has 0 bridgehead atoms. The van der Waals surface area contributed by atoms with Gasteiger partial charge in [0.2, 0.25) is 0 Å². The summed E-state index contributed by atoms with van der Waals surface area (Å²) < 4.78 is 5.87. The van der Waals surface area contributed by atoms with Crippen molar-refractivity contribution in [1.82, 2.24) is 5.32 Å². The van der Waals surface area contributed by atoms with Crippen LogP contribution in [0.25, 0.3) is 23.3 Å². The SMILES string of the molecule is CSCCC(NC(=O)c1ccc(C=Cc2ccc(Oc3cccc(Cl)c3)cc2)cc1-c1ccccc1C)C(=O)O. The Balaban J connectivity index is 1.58. The van der Waals surface area contributed by atoms with E-state index in [1.807, 2.05) is 98.1 Å². The Morgan fingerprint density at radius 2 is 1.62 bits per heavy atom. The molecule has 0 spiro atoms. The van der Waals surface area contributed by atoms with E-state index in [0.29, 0.717) is 34.3 Å². The minimum absolute atomic E-state index is 0.353. The summed E-state index contributed by atoms with van der Waals surface area (Å²) in [5.41, 5.74) is 5.01. The van der Waals surface area contributed by atoms with Crippen LogP contribution in [0.2, 0.25) is 5.02 Å². The van der Waals surface area contributed by atoms with E-state index in [9.17, 15) is 14.7 Å². The molecule has 0 fully saturated rings. The summed E-state index contributed by atoms with van der Waals surface area (Å²) in [4.78, 5) is 25.0. The lowest BCUT2D eigenvalue weighted by molar-refractivity contribution is -0.139. The zero-order valence-electron chi connectivity index (χ0n) is 22.3. The normalized spacial score (nSPS) is 11.8. The number of carbonyl (C=O) groups is 2. The number of amides is 1. The molecule has 0 saturated heterocycles. The minimum Gasteiger partial charge on any atom is -0.480 e. The highest BCUT2D eigenvalue weighted by Gasteiger charge is 2.22. The summed E-state index contributed by atoms with van der Waals surface area (Å²) in [6.07, 6.45) is 6.23. The molecule has 1 amide bonds. The van der Waals surface area contributed by atoms with Gasteiger partial charge < -0.3 is 15.2 Å². The van der Waals surface area contributed by atoms with Crippen molar-refractivity contribution in [3.05, 3.63) is 118 Å². The number of halogens is 1. The van der Waals surface area contributed by atoms with Crippen LogP contribution in [0.5, 0.6) is 11.5 Å². The third kappa shape index (κ3) is 7.78. The minimum atomic E-state index is -1.04. The topological polar surface area (TPSA) is 75.6 Å². The lowest BCUT2D eigenvalue weighted by Gasteiger charge is -2.17. The molecule has 7 heteroatoms. The van der Waals surface area contributed by atoms with E-state index < -0.39 is 17.9 Å². The van der Waals surface area contributed by atoms with Gasteiger partial charge in [0.05, 0.1) is 0 Å². The predicted molar refractivity (Wildman–Crippen MR) is 165 cm³/mol. The molecule has 204 valence electrons. The number of nitrogens with one attached hydrogen (secondary N) is 1. The average molecular weight is 572 g/mol. The van der Waals surface area contributed by atoms with Crippen molar-refractivity contribution in [1.29, 1.82) is 0 Å². The van der Waals surface area contributed by atoms with Gasteiger partial charge in [0.15, 0.2) is 0 Å². The maximum atomic E-state index is 13.3. The lowest BCUT2D eigenvalue weighted by Crippen LogP contribution is -2.41. The van der Waals surface area contributed by atoms with E-state index in [-0.39, 0.29) is 0 Å². The number of hydrogen-bond donors (Lipinski definition) is 2. The van der Waals surface area contributed by atoms with E-state index in [1.54, 1.807) is 30.0 Å². The van der Waals surface area contributed by atoms with Gasteiger partial charge in [0.1, 0.15) is 17.5 Å². The number of carbonyl (C=O) groups excluding carboxylic acids is 1. The van der Waals surface area contributed by atoms with E-state index in [4.69, 9.17) is 16.3 Å². The van der Waals surface area contributed by atoms with Gasteiger partial charge in [-0.15, -0.1) is 0 Å². The second-order valence-electron chi connectivity index (χ2n) is 9.23. The molecule has 0 aliphatic heterocycles. The maximum Gasteiger partial charge on any atom is 0.326 e. The van der Waals surface area contributed by atoms with Gasteiger partial charge in [-0.25, -0.2) is 4.79 Å². The van der Waals surface area contributed by atoms with Crippen molar-refractivity contribution >= 4 is 47.4 Å². The van der Waals surface area contributed by atoms with Gasteiger partial charge in [-0.2, -0.15) is 11.8 Å². The first-order valence-electron chi connectivity index (χ1n) is 12.8. The summed E-state index contributed by atoms with van der Waals surface area (Å²) in [5.74, 6) is 0.566. The number of aryl methyl sites for hydroxylation is 1. The summed E-state index contributed by atoms with van der Waals surface area (Å²) >= 11 is 7.58. The van der Waals surface area contributed by atoms with E-state index in [0.717, 1.165) is 27.8 Å². The van der Waals surface area contributed by atoms with Crippen molar-refractivity contribution in [2.75, 3.05) is 12.0 Å². The van der Waals surface area contributed by atoms with Crippen molar-refractivity contribution in [2.24, 2.45) is 0 Å². The molecule has 1 unspecified atom stereocenters. The summed E-state index contributed by atoms with van der Waals surface area (Å²) in [5, 5.41) is 12.9. The molecule has 0 aromatic heterocycles. The fourth-order valence-electron chi connectivity index (χ4n) is 4.20. The third-order valence-corrected chi connectivity index (χ3v) is 7.20. The number of aliphatic carboxylic acids is 1. The summed E-state index contributed by atoms with van der Waals surface area (Å²) in [6, 6.07) is 27.4. The predicted octanol–water partition coefficient (Wildman–Crippen LogP) is 8.21. The second-order valence-corrected chi connectivity index (χ2v) is 10.6. The van der Waals surface area contributed by atoms with Crippen LogP contribution in [0.3, 0.4) is 0 Å². The molecule has 4 rings (SSSR count). The van der Waals surface area contributed by atoms with Crippen LogP contribution >= 0.6 is 23.4 Å². The molecular weight excluding hydrogens is 542 g/mol. The van der Waals surface area contributed by atoms with Crippen LogP contribution in [-0.2, 0) is 4.79 Å². The first-order chi connectivity index (χ1) is 19.3. The van der Waals surface area contributed by atoms with Crippen LogP contribution < -0.4 is 10.1 Å². The average Bonchev–Trinajstić information content (AvgIpc) is 2.95. The van der Waals surface area contributed by atoms with Gasteiger partial charge in [0.25, 0.3) is 5.91 Å². The van der Waals surface area contributed by atoms with Gasteiger partial charge in [-0.3, -0.25) is 4.79 Å². The molecule has 5 nitrogen and oxygen atoms in total. The van der Waals surface area contributed by atoms with Gasteiger partial charge in [-0.05, 0) is 95.6 Å². The fraction of sp³-hybridized carbons (Fsp3) is 0.152. The molecule has 4 aromatic rings. The number of carboxylic acid groups (broad SMARTS) is 1. The first-order valence-corrected chi connectivity index (χ1v) is 14.6. The van der Waals surface area contributed by atoms with Crippen molar-refractivity contribution < 1.29 is 19.4 Å². The number of benzene rings is 4. The smallest absolute Gasteiger partial charge is 0.326 e. The quantitative estimate of drug-likeness (QED) is 0.177. The number of ether oxygens (including phenoxy) is 1. The van der Waals surface area contributed by atoms with Crippen molar-refractivity contribution in [2.45, 2.75) is 19.4 Å². The Hall–Kier alpha value is -4.00. The summed E-state index contributed by atoms with van der Waals surface area (Å²) in [7, 11) is 0. The van der Waals surface area contributed by atoms with Crippen LogP contribution in [0, 0.1) is 6.92 Å². The Morgan fingerprint density at radius 1 is 0.900 bits per heavy atom. The van der Waals surface area contributed by atoms with Gasteiger partial charge >= 0.3 is 5.97 Å². The van der Waals surface area contributed by atoms with Crippen LogP contribution in [0.4, 0.5) is 0 Å². The van der Waals surface area contributed by atoms with Crippen LogP contribution in [0.15, 0.2) is 91.0 Å². The molecule has 0 radical (unpaired) electrons. The Labute approximate surface area is 243 Å². The molecule has 2 N–H and O–H groups in total. The van der Waals surface area contributed by atoms with E-state index in [2.05, 4.69) is 5.32 Å². The number of carboxylic acids is 1. The van der Waals surface area contributed by atoms with E-state index in [1.165, 1.54) is 0 Å². The molecule has 1 atom stereocenters. The highest BCUT2D eigenvalue weighted by atomic mass is 35.5. The maximum absolute atomic E-state index is 13.3. The zero-order chi connectivity index (χ0) is 28.5. The molecule has 40 heavy (non-hydrogen) atoms. The van der Waals surface area contributed by atoms with Crippen molar-refractivity contribution in [3.8, 4) is 22.6 Å². The molecule has 4 aromatic carbocycles. The van der Waals surface area contributed by atoms with Gasteiger partial charge in [-0.1, -0.05) is 72.3 Å². The Kier molecular flexibility index (Phi) is 10.1. The molecule has 0 saturated carbocycles. The molecule has 0 aliphatic carbocycles. The molecule has 0 aliphatic rings. The third-order valence-electron chi connectivity index (χ3n) is 6.32. The molecular formula is C33H30ClNO4S. The zero-order valence-corrected chi connectivity index (χ0v) is 23.8. The summed E-state index contributed by atoms with van der Waals surface area (Å²) in [6.45, 7) is 1.99. The highest BCUT2D eigenvalue weighted by molar-refractivity contribution is 7.98. The largest absolute Gasteiger partial charge is 0.480 e.